The number of hydrogen-bond donors (Lipinski definition) is 2. The molecule has 0 amide bonds. The molecule has 0 aromatic carbocycles. The summed E-state index contributed by atoms with van der Waals surface area (Å²) < 4.78 is 1.50. The molecule has 5 nitrogen and oxygen atoms in total. The molecule has 5 heteroatoms. The van der Waals surface area contributed by atoms with Crippen molar-refractivity contribution in [3.8, 4) is 5.75 Å². The Labute approximate surface area is 62.1 Å². The number of aromatic nitrogens is 3. The van der Waals surface area contributed by atoms with Gasteiger partial charge < -0.3 is 10.8 Å². The SMILES string of the molecule is Nc1nc2cc(O)ccn2n1. The van der Waals surface area contributed by atoms with Crippen LogP contribution in [-0.4, -0.2) is 19.7 Å². The van der Waals surface area contributed by atoms with Crippen LogP contribution in [0.4, 0.5) is 5.95 Å². The number of nitrogen functional groups attached to an aromatic ring is 1. The van der Waals surface area contributed by atoms with Gasteiger partial charge >= 0.3 is 0 Å². The summed E-state index contributed by atoms with van der Waals surface area (Å²) in [6, 6.07) is 3.00. The van der Waals surface area contributed by atoms with E-state index in [4.69, 9.17) is 10.8 Å². The summed E-state index contributed by atoms with van der Waals surface area (Å²) >= 11 is 0. The minimum atomic E-state index is 0.157. The van der Waals surface area contributed by atoms with E-state index < -0.39 is 0 Å². The van der Waals surface area contributed by atoms with Crippen LogP contribution in [-0.2, 0) is 0 Å². The molecular formula is C6H6N4O. The van der Waals surface area contributed by atoms with Crippen LogP contribution in [0.5, 0.6) is 5.75 Å². The maximum atomic E-state index is 9.02. The Morgan fingerprint density at radius 3 is 3.18 bits per heavy atom. The van der Waals surface area contributed by atoms with Gasteiger partial charge in [0.25, 0.3) is 0 Å². The van der Waals surface area contributed by atoms with Gasteiger partial charge in [-0.3, -0.25) is 0 Å². The maximum Gasteiger partial charge on any atom is 0.240 e. The minimum Gasteiger partial charge on any atom is -0.508 e. The molecule has 3 N–H and O–H groups in total. The fourth-order valence-corrected chi connectivity index (χ4v) is 0.888. The van der Waals surface area contributed by atoms with Gasteiger partial charge in [0.2, 0.25) is 5.95 Å². The van der Waals surface area contributed by atoms with Crippen LogP contribution in [0.2, 0.25) is 0 Å². The van der Waals surface area contributed by atoms with Gasteiger partial charge in [-0.05, 0) is 6.07 Å². The fourth-order valence-electron chi connectivity index (χ4n) is 0.888. The average Bonchev–Trinajstić information content (AvgIpc) is 2.27. The Balaban J connectivity index is 2.82. The number of hydrogen-bond acceptors (Lipinski definition) is 4. The van der Waals surface area contributed by atoms with Crippen LogP contribution in [0.1, 0.15) is 0 Å². The Hall–Kier alpha value is -1.78. The normalized spacial score (nSPS) is 10.5. The van der Waals surface area contributed by atoms with Crippen molar-refractivity contribution in [3.63, 3.8) is 0 Å². The lowest BCUT2D eigenvalue weighted by atomic mass is 10.4. The maximum absolute atomic E-state index is 9.02. The second kappa shape index (κ2) is 1.85. The lowest BCUT2D eigenvalue weighted by molar-refractivity contribution is 0.474. The molecule has 0 fully saturated rings. The third-order valence-corrected chi connectivity index (χ3v) is 1.34. The van der Waals surface area contributed by atoms with E-state index in [0.717, 1.165) is 0 Å². The quantitative estimate of drug-likeness (QED) is 0.555. The minimum absolute atomic E-state index is 0.157. The van der Waals surface area contributed by atoms with Gasteiger partial charge in [-0.25, -0.2) is 4.52 Å². The van der Waals surface area contributed by atoms with E-state index in [2.05, 4.69) is 10.1 Å². The van der Waals surface area contributed by atoms with Gasteiger partial charge in [0.1, 0.15) is 5.75 Å². The molecule has 56 valence electrons. The fraction of sp³-hybridized carbons (Fsp3) is 0. The highest BCUT2D eigenvalue weighted by atomic mass is 16.3. The molecule has 2 rings (SSSR count). The van der Waals surface area contributed by atoms with E-state index in [-0.39, 0.29) is 11.7 Å². The van der Waals surface area contributed by atoms with Crippen molar-refractivity contribution in [3.05, 3.63) is 18.3 Å². The first kappa shape index (κ1) is 5.96. The second-order valence-electron chi connectivity index (χ2n) is 2.16. The summed E-state index contributed by atoms with van der Waals surface area (Å²) in [6.45, 7) is 0. The highest BCUT2D eigenvalue weighted by Gasteiger charge is 1.98. The highest BCUT2D eigenvalue weighted by molar-refractivity contribution is 5.45. The summed E-state index contributed by atoms with van der Waals surface area (Å²) in [6.07, 6.45) is 1.59. The Morgan fingerprint density at radius 2 is 2.36 bits per heavy atom. The molecule has 0 aliphatic heterocycles. The zero-order valence-corrected chi connectivity index (χ0v) is 5.60. The van der Waals surface area contributed by atoms with Crippen molar-refractivity contribution >= 4 is 11.6 Å². The first-order valence-electron chi connectivity index (χ1n) is 3.06. The van der Waals surface area contributed by atoms with Crippen molar-refractivity contribution < 1.29 is 5.11 Å². The Morgan fingerprint density at radius 1 is 1.55 bits per heavy atom. The summed E-state index contributed by atoms with van der Waals surface area (Å²) in [5.41, 5.74) is 5.86. The van der Waals surface area contributed by atoms with Crippen LogP contribution in [0.25, 0.3) is 5.65 Å². The van der Waals surface area contributed by atoms with E-state index in [1.54, 1.807) is 6.20 Å². The molecule has 11 heavy (non-hydrogen) atoms. The molecule has 0 spiro atoms. The Bertz CT molecular complexity index is 394. The highest BCUT2D eigenvalue weighted by Crippen LogP contribution is 2.10. The standard InChI is InChI=1S/C6H6N4O/c7-6-8-5-3-4(11)1-2-10(5)9-6/h1-3,11H,(H2,7,9). The summed E-state index contributed by atoms with van der Waals surface area (Å²) in [4.78, 5) is 3.84. The summed E-state index contributed by atoms with van der Waals surface area (Å²) in [5.74, 6) is 0.362. The third-order valence-electron chi connectivity index (χ3n) is 1.34. The van der Waals surface area contributed by atoms with Gasteiger partial charge in [-0.1, -0.05) is 0 Å². The number of rotatable bonds is 0. The zero-order chi connectivity index (χ0) is 7.84. The molecule has 2 aromatic heterocycles. The van der Waals surface area contributed by atoms with Gasteiger partial charge in [0, 0.05) is 12.3 Å². The molecule has 0 unspecified atom stereocenters. The number of aromatic hydroxyl groups is 1. The first-order valence-corrected chi connectivity index (χ1v) is 3.06. The van der Waals surface area contributed by atoms with Gasteiger partial charge in [-0.2, -0.15) is 4.98 Å². The number of anilines is 1. The molecule has 0 aliphatic carbocycles. The molecule has 2 heterocycles. The van der Waals surface area contributed by atoms with Crippen LogP contribution in [0.15, 0.2) is 18.3 Å². The third kappa shape index (κ3) is 0.861. The van der Waals surface area contributed by atoms with E-state index in [1.807, 2.05) is 0 Å². The molecule has 0 atom stereocenters. The predicted molar refractivity (Wildman–Crippen MR) is 39.1 cm³/mol. The molecule has 2 aromatic rings. The van der Waals surface area contributed by atoms with Gasteiger partial charge in [0.05, 0.1) is 0 Å². The average molecular weight is 150 g/mol. The summed E-state index contributed by atoms with van der Waals surface area (Å²) in [7, 11) is 0. The molecule has 0 radical (unpaired) electrons. The summed E-state index contributed by atoms with van der Waals surface area (Å²) in [5, 5.41) is 12.8. The number of fused-ring (bicyclic) bond motifs is 1. The van der Waals surface area contributed by atoms with Crippen LogP contribution >= 0.6 is 0 Å². The van der Waals surface area contributed by atoms with Crippen molar-refractivity contribution in [2.24, 2.45) is 0 Å². The van der Waals surface area contributed by atoms with Crippen molar-refractivity contribution in [1.82, 2.24) is 14.6 Å². The molecule has 0 saturated heterocycles. The predicted octanol–water partition coefficient (Wildman–Crippen LogP) is 0.0171. The van der Waals surface area contributed by atoms with Gasteiger partial charge in [0.15, 0.2) is 5.65 Å². The van der Waals surface area contributed by atoms with Crippen LogP contribution in [0, 0.1) is 0 Å². The van der Waals surface area contributed by atoms with Crippen LogP contribution in [0.3, 0.4) is 0 Å². The van der Waals surface area contributed by atoms with Gasteiger partial charge in [-0.15, -0.1) is 5.10 Å². The molecule has 0 bridgehead atoms. The second-order valence-corrected chi connectivity index (χ2v) is 2.16. The number of nitrogens with two attached hydrogens (primary N) is 1. The van der Waals surface area contributed by atoms with E-state index in [0.29, 0.717) is 5.65 Å². The number of nitrogens with zero attached hydrogens (tertiary/aromatic N) is 3. The van der Waals surface area contributed by atoms with Crippen molar-refractivity contribution in [2.45, 2.75) is 0 Å². The van der Waals surface area contributed by atoms with E-state index in [1.165, 1.54) is 16.6 Å². The lowest BCUT2D eigenvalue weighted by Gasteiger charge is -1.89. The van der Waals surface area contributed by atoms with Crippen LogP contribution < -0.4 is 5.73 Å². The monoisotopic (exact) mass is 150 g/mol. The van der Waals surface area contributed by atoms with E-state index >= 15 is 0 Å². The zero-order valence-electron chi connectivity index (χ0n) is 5.60. The van der Waals surface area contributed by atoms with E-state index in [9.17, 15) is 0 Å². The lowest BCUT2D eigenvalue weighted by Crippen LogP contribution is -1.87. The topological polar surface area (TPSA) is 76.4 Å². The largest absolute Gasteiger partial charge is 0.508 e. The van der Waals surface area contributed by atoms with Crippen molar-refractivity contribution in [1.29, 1.82) is 0 Å². The molecular weight excluding hydrogens is 144 g/mol. The molecule has 0 aliphatic rings. The smallest absolute Gasteiger partial charge is 0.240 e. The first-order chi connectivity index (χ1) is 5.25. The van der Waals surface area contributed by atoms with Crippen molar-refractivity contribution in [2.75, 3.05) is 5.73 Å². The number of pyridine rings is 1. The molecule has 0 saturated carbocycles. The Kier molecular flexibility index (Phi) is 1.00.